The molecule has 3 rings (SSSR count). The number of nitrogens with zero attached hydrogens (tertiary/aromatic N) is 2. The Hall–Kier alpha value is -3.00. The van der Waals surface area contributed by atoms with Crippen molar-refractivity contribution < 1.29 is 14.3 Å². The highest BCUT2D eigenvalue weighted by atomic mass is 16.5. The molecule has 3 aromatic rings. The lowest BCUT2D eigenvalue weighted by atomic mass is 10.1. The van der Waals surface area contributed by atoms with Crippen LogP contribution in [0, 0.1) is 6.92 Å². The summed E-state index contributed by atoms with van der Waals surface area (Å²) < 4.78 is 7.50. The van der Waals surface area contributed by atoms with Gasteiger partial charge in [-0.15, -0.1) is 0 Å². The lowest BCUT2D eigenvalue weighted by Crippen LogP contribution is -2.43. The number of nitrogens with one attached hydrogen (secondary N) is 2. The van der Waals surface area contributed by atoms with E-state index in [1.807, 2.05) is 41.1 Å². The number of hydrogen-bond donors (Lipinski definition) is 2. The van der Waals surface area contributed by atoms with Gasteiger partial charge in [0.15, 0.2) is 0 Å². The second-order valence-corrected chi connectivity index (χ2v) is 7.99. The Labute approximate surface area is 195 Å². The van der Waals surface area contributed by atoms with Gasteiger partial charge in [0.1, 0.15) is 12.9 Å². The largest absolute Gasteiger partial charge is 0.341 e. The Morgan fingerprint density at radius 2 is 1.82 bits per heavy atom. The average Bonchev–Trinajstić information content (AvgIpc) is 3.19. The molecule has 33 heavy (non-hydrogen) atoms. The highest BCUT2D eigenvalue weighted by Gasteiger charge is 2.24. The summed E-state index contributed by atoms with van der Waals surface area (Å²) >= 11 is 0. The number of aromatic nitrogens is 1. The minimum atomic E-state index is -0.962. The molecular formula is C26H34N4O3. The summed E-state index contributed by atoms with van der Waals surface area (Å²) in [5.74, 6) is -0.350. The molecule has 176 valence electrons. The minimum absolute atomic E-state index is 0.167. The van der Waals surface area contributed by atoms with Gasteiger partial charge in [-0.2, -0.15) is 0 Å². The molecule has 1 heterocycles. The number of amides is 1. The third kappa shape index (κ3) is 6.28. The first-order valence-corrected chi connectivity index (χ1v) is 11.5. The molecule has 0 bridgehead atoms. The zero-order chi connectivity index (χ0) is 23.6. The van der Waals surface area contributed by atoms with Gasteiger partial charge in [-0.05, 0) is 49.2 Å². The van der Waals surface area contributed by atoms with Crippen LogP contribution in [0.3, 0.4) is 0 Å². The molecule has 1 aromatic heterocycles. The molecular weight excluding hydrogens is 416 g/mol. The summed E-state index contributed by atoms with van der Waals surface area (Å²) in [4.78, 5) is 26.4. The first-order valence-electron chi connectivity index (χ1n) is 11.5. The number of fused-ring (bicyclic) bond motifs is 1. The molecule has 1 unspecified atom stereocenters. The van der Waals surface area contributed by atoms with Crippen LogP contribution in [0.25, 0.3) is 10.9 Å². The van der Waals surface area contributed by atoms with Crippen LogP contribution in [-0.2, 0) is 27.3 Å². The Balaban J connectivity index is 1.76. The van der Waals surface area contributed by atoms with Crippen molar-refractivity contribution in [2.75, 3.05) is 26.2 Å². The van der Waals surface area contributed by atoms with Crippen LogP contribution in [0.2, 0.25) is 0 Å². The third-order valence-corrected chi connectivity index (χ3v) is 5.90. The first-order chi connectivity index (χ1) is 16.1. The molecule has 0 aliphatic rings. The first kappa shape index (κ1) is 24.6. The number of hydrogen-bond acceptors (Lipinski definition) is 5. The van der Waals surface area contributed by atoms with Crippen LogP contribution in [0.5, 0.6) is 0 Å². The number of aryl methyl sites for hydroxylation is 1. The third-order valence-electron chi connectivity index (χ3n) is 5.90. The number of rotatable bonds is 13. The summed E-state index contributed by atoms with van der Waals surface area (Å²) in [6.45, 7) is 9.40. The normalized spacial score (nSPS) is 12.2. The predicted molar refractivity (Wildman–Crippen MR) is 131 cm³/mol. The Morgan fingerprint density at radius 1 is 1.09 bits per heavy atom. The number of aldehydes is 1. The zero-order valence-corrected chi connectivity index (χ0v) is 19.7. The van der Waals surface area contributed by atoms with E-state index in [1.54, 1.807) is 0 Å². The maximum atomic E-state index is 13.1. The van der Waals surface area contributed by atoms with Crippen LogP contribution in [0.15, 0.2) is 54.7 Å². The topological polar surface area (TPSA) is 75.6 Å². The van der Waals surface area contributed by atoms with Gasteiger partial charge >= 0.3 is 0 Å². The maximum Gasteiger partial charge on any atom is 0.284 e. The van der Waals surface area contributed by atoms with E-state index in [1.165, 1.54) is 11.1 Å². The van der Waals surface area contributed by atoms with Crippen molar-refractivity contribution >= 4 is 23.1 Å². The summed E-state index contributed by atoms with van der Waals surface area (Å²) in [6, 6.07) is 16.1. The van der Waals surface area contributed by atoms with Crippen LogP contribution in [0.1, 0.15) is 36.8 Å². The van der Waals surface area contributed by atoms with Crippen molar-refractivity contribution in [2.24, 2.45) is 0 Å². The molecule has 0 aliphatic carbocycles. The number of carbonyl (C=O) groups excluding carboxylic acids is 2. The molecule has 0 radical (unpaired) electrons. The highest BCUT2D eigenvalue weighted by Crippen LogP contribution is 2.26. The molecule has 0 spiro atoms. The van der Waals surface area contributed by atoms with E-state index in [0.29, 0.717) is 12.8 Å². The molecule has 0 fully saturated rings. The standard InChI is InChI=1S/C26H34N4O3/c1-4-29(5-2)18-22-19-30(24-13-9-8-12-23(22)24)26(33-17-16-31)25(32)28-27-15-14-21-11-7-6-10-20(21)3/h6-13,16,19,26-27H,4-5,14-15,17-18H2,1-3H3,(H,28,32). The van der Waals surface area contributed by atoms with Crippen LogP contribution in [-0.4, -0.2) is 47.9 Å². The molecule has 0 saturated heterocycles. The molecule has 2 N–H and O–H groups in total. The fourth-order valence-electron chi connectivity index (χ4n) is 4.00. The minimum Gasteiger partial charge on any atom is -0.341 e. The molecule has 7 nitrogen and oxygen atoms in total. The van der Waals surface area contributed by atoms with E-state index in [0.717, 1.165) is 42.5 Å². The van der Waals surface area contributed by atoms with E-state index < -0.39 is 6.23 Å². The predicted octanol–water partition coefficient (Wildman–Crippen LogP) is 3.37. The monoisotopic (exact) mass is 450 g/mol. The Bertz CT molecular complexity index is 1060. The molecule has 2 aromatic carbocycles. The van der Waals surface area contributed by atoms with Crippen molar-refractivity contribution in [3.8, 4) is 0 Å². The summed E-state index contributed by atoms with van der Waals surface area (Å²) in [7, 11) is 0. The number of para-hydroxylation sites is 1. The molecule has 0 saturated carbocycles. The molecule has 0 aliphatic heterocycles. The van der Waals surface area contributed by atoms with E-state index in [2.05, 4.69) is 54.7 Å². The fourth-order valence-corrected chi connectivity index (χ4v) is 4.00. The molecule has 1 atom stereocenters. The number of ether oxygens (including phenoxy) is 1. The van der Waals surface area contributed by atoms with Crippen molar-refractivity contribution in [3.63, 3.8) is 0 Å². The fraction of sp³-hybridized carbons (Fsp3) is 0.385. The van der Waals surface area contributed by atoms with Gasteiger partial charge in [-0.3, -0.25) is 15.1 Å². The van der Waals surface area contributed by atoms with Gasteiger partial charge in [-0.1, -0.05) is 56.3 Å². The number of hydrazine groups is 1. The van der Waals surface area contributed by atoms with E-state index in [9.17, 15) is 9.59 Å². The summed E-state index contributed by atoms with van der Waals surface area (Å²) in [6.07, 6.45) is 2.45. The lowest BCUT2D eigenvalue weighted by Gasteiger charge is -2.20. The van der Waals surface area contributed by atoms with Crippen molar-refractivity contribution in [2.45, 2.75) is 40.0 Å². The highest BCUT2D eigenvalue weighted by molar-refractivity contribution is 5.87. The van der Waals surface area contributed by atoms with Gasteiger partial charge < -0.3 is 14.1 Å². The van der Waals surface area contributed by atoms with Gasteiger partial charge in [0.25, 0.3) is 5.91 Å². The van der Waals surface area contributed by atoms with E-state index in [4.69, 9.17) is 4.74 Å². The smallest absolute Gasteiger partial charge is 0.284 e. The SMILES string of the molecule is CCN(CC)Cc1cn(C(OCC=O)C(=O)NNCCc2ccccc2C)c2ccccc12. The Kier molecular flexibility index (Phi) is 9.18. The van der Waals surface area contributed by atoms with Crippen molar-refractivity contribution in [3.05, 3.63) is 71.4 Å². The lowest BCUT2D eigenvalue weighted by molar-refractivity contribution is -0.141. The average molecular weight is 451 g/mol. The Morgan fingerprint density at radius 3 is 2.55 bits per heavy atom. The van der Waals surface area contributed by atoms with Gasteiger partial charge in [0.05, 0.1) is 5.52 Å². The molecule has 7 heteroatoms. The second kappa shape index (κ2) is 12.3. The van der Waals surface area contributed by atoms with Crippen LogP contribution in [0.4, 0.5) is 0 Å². The maximum absolute atomic E-state index is 13.1. The second-order valence-electron chi connectivity index (χ2n) is 7.99. The van der Waals surface area contributed by atoms with Gasteiger partial charge in [-0.25, -0.2) is 5.43 Å². The summed E-state index contributed by atoms with van der Waals surface area (Å²) in [5.41, 5.74) is 10.2. The van der Waals surface area contributed by atoms with Gasteiger partial charge in [0, 0.05) is 24.7 Å². The molecule has 1 amide bonds. The quantitative estimate of drug-likeness (QED) is 0.237. The van der Waals surface area contributed by atoms with Crippen molar-refractivity contribution in [1.82, 2.24) is 20.3 Å². The summed E-state index contributed by atoms with van der Waals surface area (Å²) in [5, 5.41) is 1.07. The van der Waals surface area contributed by atoms with Crippen LogP contribution >= 0.6 is 0 Å². The van der Waals surface area contributed by atoms with E-state index in [-0.39, 0.29) is 12.5 Å². The van der Waals surface area contributed by atoms with Crippen molar-refractivity contribution in [1.29, 1.82) is 0 Å². The van der Waals surface area contributed by atoms with Crippen LogP contribution < -0.4 is 10.9 Å². The number of benzene rings is 2. The van der Waals surface area contributed by atoms with Gasteiger partial charge in [0.2, 0.25) is 6.23 Å². The number of carbonyl (C=O) groups is 2. The van der Waals surface area contributed by atoms with E-state index >= 15 is 0 Å². The zero-order valence-electron chi connectivity index (χ0n) is 19.7.